The van der Waals surface area contributed by atoms with Gasteiger partial charge in [-0.05, 0) is 54.6 Å². The third-order valence-corrected chi connectivity index (χ3v) is 8.35. The van der Waals surface area contributed by atoms with Gasteiger partial charge in [0.25, 0.3) is 0 Å². The first-order valence-corrected chi connectivity index (χ1v) is 11.9. The minimum atomic E-state index is -0.983. The van der Waals surface area contributed by atoms with Crippen molar-refractivity contribution in [3.63, 3.8) is 0 Å². The van der Waals surface area contributed by atoms with E-state index in [1.165, 1.54) is 11.3 Å². The quantitative estimate of drug-likeness (QED) is 0.552. The molecule has 1 amide bonds. The Bertz CT molecular complexity index is 1180. The van der Waals surface area contributed by atoms with Crippen molar-refractivity contribution in [2.24, 2.45) is 5.92 Å². The lowest BCUT2D eigenvalue weighted by atomic mass is 9.69. The Hall–Kier alpha value is -2.47. The molecule has 31 heavy (non-hydrogen) atoms. The number of ketones is 1. The van der Waals surface area contributed by atoms with Crippen LogP contribution >= 0.6 is 22.9 Å². The standard InChI is InChI=1S/C25H21ClN2O2S/c26-16-11-9-15(10-12-16)21-19-7-3-13-28(19)25(22(21)23(29)20-8-4-14-31-20)17-5-1-2-6-18(17)27-24(25)30/h1-2,4-6,8-12,14,19,21-22H,3,7,13H2,(H,27,30)/t19?,21?,22-,25+/m0/s1. The maximum Gasteiger partial charge on any atom is 0.250 e. The number of thiophene rings is 1. The number of anilines is 1. The van der Waals surface area contributed by atoms with Crippen LogP contribution in [0.15, 0.2) is 66.0 Å². The van der Waals surface area contributed by atoms with E-state index in [0.29, 0.717) is 9.90 Å². The van der Waals surface area contributed by atoms with E-state index in [2.05, 4.69) is 10.2 Å². The first kappa shape index (κ1) is 19.2. The van der Waals surface area contributed by atoms with Crippen molar-refractivity contribution in [3.05, 3.63) is 87.1 Å². The highest BCUT2D eigenvalue weighted by molar-refractivity contribution is 7.12. The summed E-state index contributed by atoms with van der Waals surface area (Å²) in [6.45, 7) is 0.810. The molecule has 0 radical (unpaired) electrons. The predicted octanol–water partition coefficient (Wildman–Crippen LogP) is 5.31. The van der Waals surface area contributed by atoms with E-state index in [0.717, 1.165) is 36.2 Å². The van der Waals surface area contributed by atoms with Gasteiger partial charge in [0.1, 0.15) is 5.54 Å². The van der Waals surface area contributed by atoms with Gasteiger partial charge >= 0.3 is 0 Å². The number of carbonyl (C=O) groups is 2. The number of fused-ring (bicyclic) bond motifs is 4. The van der Waals surface area contributed by atoms with Crippen LogP contribution in [0, 0.1) is 5.92 Å². The van der Waals surface area contributed by atoms with Gasteiger partial charge in [-0.3, -0.25) is 14.5 Å². The minimum absolute atomic E-state index is 0.0520. The van der Waals surface area contributed by atoms with Gasteiger partial charge in [-0.2, -0.15) is 0 Å². The number of carbonyl (C=O) groups excluding carboxylic acids is 2. The fraction of sp³-hybridized carbons (Fsp3) is 0.280. The van der Waals surface area contributed by atoms with Crippen LogP contribution in [0.4, 0.5) is 5.69 Å². The van der Waals surface area contributed by atoms with Crippen molar-refractivity contribution >= 4 is 40.3 Å². The molecule has 156 valence electrons. The molecule has 1 spiro atoms. The number of para-hydroxylation sites is 1. The van der Waals surface area contributed by atoms with Gasteiger partial charge in [-0.1, -0.05) is 48.0 Å². The average Bonchev–Trinajstić information content (AvgIpc) is 3.54. The summed E-state index contributed by atoms with van der Waals surface area (Å²) in [5.41, 5.74) is 1.84. The molecule has 6 rings (SSSR count). The Morgan fingerprint density at radius 1 is 1.10 bits per heavy atom. The van der Waals surface area contributed by atoms with Crippen LogP contribution < -0.4 is 5.32 Å². The fourth-order valence-corrected chi connectivity index (χ4v) is 6.98. The molecule has 4 heterocycles. The van der Waals surface area contributed by atoms with Crippen molar-refractivity contribution in [2.45, 2.75) is 30.3 Å². The van der Waals surface area contributed by atoms with E-state index >= 15 is 0 Å². The molecular formula is C25H21ClN2O2S. The van der Waals surface area contributed by atoms with Gasteiger partial charge in [-0.25, -0.2) is 0 Å². The molecule has 3 aromatic rings. The third kappa shape index (κ3) is 2.57. The van der Waals surface area contributed by atoms with Gasteiger partial charge in [0, 0.05) is 28.2 Å². The zero-order chi connectivity index (χ0) is 21.2. The maximum atomic E-state index is 14.1. The first-order valence-electron chi connectivity index (χ1n) is 10.6. The van der Waals surface area contributed by atoms with E-state index in [9.17, 15) is 9.59 Å². The molecule has 4 nitrogen and oxygen atoms in total. The second kappa shape index (κ2) is 7.02. The number of halogens is 1. The lowest BCUT2D eigenvalue weighted by molar-refractivity contribution is -0.127. The number of nitrogens with zero attached hydrogens (tertiary/aromatic N) is 1. The average molecular weight is 449 g/mol. The Kier molecular flexibility index (Phi) is 4.36. The molecule has 2 aromatic carbocycles. The number of Topliss-reactive ketones (excluding diaryl/α,β-unsaturated/α-hetero) is 1. The Labute approximate surface area is 189 Å². The molecule has 1 aromatic heterocycles. The second-order valence-electron chi connectivity index (χ2n) is 8.57. The number of rotatable bonds is 3. The summed E-state index contributed by atoms with van der Waals surface area (Å²) < 4.78 is 0. The van der Waals surface area contributed by atoms with Crippen molar-refractivity contribution in [3.8, 4) is 0 Å². The largest absolute Gasteiger partial charge is 0.324 e. The van der Waals surface area contributed by atoms with E-state index < -0.39 is 11.5 Å². The lowest BCUT2D eigenvalue weighted by Crippen LogP contribution is -2.52. The summed E-state index contributed by atoms with van der Waals surface area (Å²) in [6.07, 6.45) is 1.99. The molecule has 0 bridgehead atoms. The molecule has 2 fully saturated rings. The monoisotopic (exact) mass is 448 g/mol. The van der Waals surface area contributed by atoms with Crippen molar-refractivity contribution in [1.82, 2.24) is 4.90 Å². The topological polar surface area (TPSA) is 49.4 Å². The van der Waals surface area contributed by atoms with Crippen molar-refractivity contribution in [2.75, 3.05) is 11.9 Å². The van der Waals surface area contributed by atoms with E-state index in [1.54, 1.807) is 0 Å². The number of amides is 1. The summed E-state index contributed by atoms with van der Waals surface area (Å²) >= 11 is 7.63. The Morgan fingerprint density at radius 2 is 1.90 bits per heavy atom. The van der Waals surface area contributed by atoms with Crippen molar-refractivity contribution < 1.29 is 9.59 Å². The highest BCUT2D eigenvalue weighted by atomic mass is 35.5. The summed E-state index contributed by atoms with van der Waals surface area (Å²) in [6, 6.07) is 19.6. The zero-order valence-electron chi connectivity index (χ0n) is 16.8. The molecule has 0 aliphatic carbocycles. The van der Waals surface area contributed by atoms with Gasteiger partial charge < -0.3 is 5.32 Å². The van der Waals surface area contributed by atoms with Crippen LogP contribution in [0.1, 0.15) is 39.6 Å². The normalized spacial score (nSPS) is 29.2. The minimum Gasteiger partial charge on any atom is -0.324 e. The van der Waals surface area contributed by atoms with Gasteiger partial charge in [-0.15, -0.1) is 11.3 Å². The summed E-state index contributed by atoms with van der Waals surface area (Å²) in [7, 11) is 0. The molecule has 2 saturated heterocycles. The summed E-state index contributed by atoms with van der Waals surface area (Å²) in [5, 5.41) is 5.70. The van der Waals surface area contributed by atoms with Crippen LogP contribution in [-0.2, 0) is 10.3 Å². The molecule has 3 aliphatic heterocycles. The van der Waals surface area contributed by atoms with Gasteiger partial charge in [0.15, 0.2) is 5.78 Å². The predicted molar refractivity (Wildman–Crippen MR) is 123 cm³/mol. The van der Waals surface area contributed by atoms with E-state index in [1.807, 2.05) is 66.0 Å². The van der Waals surface area contributed by atoms with Crippen molar-refractivity contribution in [1.29, 1.82) is 0 Å². The Balaban J connectivity index is 1.62. The molecule has 2 unspecified atom stereocenters. The van der Waals surface area contributed by atoms with Gasteiger partial charge in [0.05, 0.1) is 10.8 Å². The number of hydrogen-bond donors (Lipinski definition) is 1. The molecule has 6 heteroatoms. The van der Waals surface area contributed by atoms with Gasteiger partial charge in [0.2, 0.25) is 5.91 Å². The zero-order valence-corrected chi connectivity index (χ0v) is 18.3. The lowest BCUT2D eigenvalue weighted by Gasteiger charge is -2.36. The maximum absolute atomic E-state index is 14.1. The van der Waals surface area contributed by atoms with Crippen LogP contribution in [0.25, 0.3) is 0 Å². The summed E-state index contributed by atoms with van der Waals surface area (Å²) in [4.78, 5) is 30.9. The van der Waals surface area contributed by atoms with E-state index in [-0.39, 0.29) is 23.7 Å². The smallest absolute Gasteiger partial charge is 0.250 e. The Morgan fingerprint density at radius 3 is 2.68 bits per heavy atom. The third-order valence-electron chi connectivity index (χ3n) is 7.21. The number of nitrogens with one attached hydrogen (secondary N) is 1. The molecule has 0 saturated carbocycles. The second-order valence-corrected chi connectivity index (χ2v) is 9.95. The molecule has 4 atom stereocenters. The molecule has 1 N–H and O–H groups in total. The highest BCUT2D eigenvalue weighted by Gasteiger charge is 2.69. The van der Waals surface area contributed by atoms with Crippen LogP contribution in [0.5, 0.6) is 0 Å². The number of benzene rings is 2. The fourth-order valence-electron chi connectivity index (χ4n) is 6.15. The van der Waals surface area contributed by atoms with Crippen LogP contribution in [-0.4, -0.2) is 29.2 Å². The first-order chi connectivity index (χ1) is 15.1. The van der Waals surface area contributed by atoms with E-state index in [4.69, 9.17) is 11.6 Å². The summed E-state index contributed by atoms with van der Waals surface area (Å²) in [5.74, 6) is -0.601. The highest BCUT2D eigenvalue weighted by Crippen LogP contribution is 2.61. The molecular weight excluding hydrogens is 428 g/mol. The SMILES string of the molecule is O=C(c1cccs1)[C@@H]1C(c2ccc(Cl)cc2)C2CCCN2[C@@]12C(=O)Nc1ccccc12. The molecule has 3 aliphatic rings. The number of hydrogen-bond acceptors (Lipinski definition) is 4. The van der Waals surface area contributed by atoms with Crippen LogP contribution in [0.2, 0.25) is 5.02 Å². The van der Waals surface area contributed by atoms with Crippen LogP contribution in [0.3, 0.4) is 0 Å².